The Kier molecular flexibility index (Phi) is 5.24. The predicted octanol–water partition coefficient (Wildman–Crippen LogP) is 2.60. The van der Waals surface area contributed by atoms with Crippen LogP contribution < -0.4 is 0 Å². The molecule has 1 aliphatic heterocycles. The van der Waals surface area contributed by atoms with E-state index in [-0.39, 0.29) is 24.3 Å². The van der Waals surface area contributed by atoms with Crippen LogP contribution in [0.5, 0.6) is 0 Å². The van der Waals surface area contributed by atoms with Crippen molar-refractivity contribution in [2.45, 2.75) is 25.6 Å². The topological polar surface area (TPSA) is 44.8 Å². The zero-order valence-corrected chi connectivity index (χ0v) is 11.9. The van der Waals surface area contributed by atoms with Gasteiger partial charge in [-0.1, -0.05) is 17.7 Å². The molecular formula is C14H18O4S. The second-order valence-electron chi connectivity index (χ2n) is 4.25. The molecule has 0 bridgehead atoms. The quantitative estimate of drug-likeness (QED) is 0.777. The van der Waals surface area contributed by atoms with E-state index in [4.69, 9.17) is 14.2 Å². The molecule has 5 heteroatoms. The Labute approximate surface area is 117 Å². The number of benzene rings is 1. The number of ether oxygens (including phenoxy) is 3. The largest absolute Gasteiger partial charge is 0.458 e. The van der Waals surface area contributed by atoms with Crippen LogP contribution >= 0.6 is 11.8 Å². The maximum absolute atomic E-state index is 11.8. The molecule has 1 heterocycles. The number of thioether (sulfide) groups is 1. The number of rotatable bonds is 5. The first-order valence-electron chi connectivity index (χ1n) is 6.31. The first kappa shape index (κ1) is 14.4. The molecule has 1 aromatic carbocycles. The van der Waals surface area contributed by atoms with E-state index in [1.807, 2.05) is 26.0 Å². The molecule has 0 saturated carbocycles. The van der Waals surface area contributed by atoms with Crippen molar-refractivity contribution in [2.75, 3.05) is 19.0 Å². The van der Waals surface area contributed by atoms with Crippen molar-refractivity contribution in [2.24, 2.45) is 0 Å². The molecule has 0 amide bonds. The van der Waals surface area contributed by atoms with Gasteiger partial charge in [-0.2, -0.15) is 0 Å². The molecule has 0 N–H and O–H groups in total. The second kappa shape index (κ2) is 6.93. The van der Waals surface area contributed by atoms with E-state index in [1.54, 1.807) is 23.9 Å². The Morgan fingerprint density at radius 1 is 1.42 bits per heavy atom. The van der Waals surface area contributed by atoms with E-state index in [0.29, 0.717) is 12.2 Å². The third-order valence-electron chi connectivity index (χ3n) is 2.71. The van der Waals surface area contributed by atoms with E-state index in [0.717, 1.165) is 11.3 Å². The summed E-state index contributed by atoms with van der Waals surface area (Å²) in [6, 6.07) is 7.32. The number of esters is 1. The van der Waals surface area contributed by atoms with Crippen LogP contribution in [0.25, 0.3) is 0 Å². The lowest BCUT2D eigenvalue weighted by Crippen LogP contribution is -2.20. The molecule has 2 unspecified atom stereocenters. The standard InChI is InChI=1S/C14H18O4S/c1-3-16-12-9-19-13(18-12)8-17-14(15)11-6-4-10(2)5-7-11/h4-7,12-13H,3,8-9H2,1-2H3. The van der Waals surface area contributed by atoms with Gasteiger partial charge in [0.2, 0.25) is 0 Å². The monoisotopic (exact) mass is 282 g/mol. The van der Waals surface area contributed by atoms with Crippen molar-refractivity contribution in [1.29, 1.82) is 0 Å². The molecule has 0 spiro atoms. The molecular weight excluding hydrogens is 264 g/mol. The molecule has 4 nitrogen and oxygen atoms in total. The number of hydrogen-bond acceptors (Lipinski definition) is 5. The lowest BCUT2D eigenvalue weighted by Gasteiger charge is -2.12. The van der Waals surface area contributed by atoms with Gasteiger partial charge in [-0.3, -0.25) is 0 Å². The van der Waals surface area contributed by atoms with E-state index < -0.39 is 0 Å². The molecule has 19 heavy (non-hydrogen) atoms. The summed E-state index contributed by atoms with van der Waals surface area (Å²) in [6.07, 6.45) is -0.182. The highest BCUT2D eigenvalue weighted by Crippen LogP contribution is 2.26. The Hall–Kier alpha value is -1.04. The summed E-state index contributed by atoms with van der Waals surface area (Å²) >= 11 is 1.61. The first-order valence-corrected chi connectivity index (χ1v) is 7.36. The van der Waals surface area contributed by atoms with Crippen LogP contribution in [0.15, 0.2) is 24.3 Å². The van der Waals surface area contributed by atoms with Gasteiger partial charge in [-0.25, -0.2) is 4.79 Å². The third-order valence-corrected chi connectivity index (χ3v) is 3.80. The molecule has 1 saturated heterocycles. The fourth-order valence-electron chi connectivity index (χ4n) is 1.71. The summed E-state index contributed by atoms with van der Waals surface area (Å²) in [5, 5.41) is 0. The van der Waals surface area contributed by atoms with Crippen molar-refractivity contribution < 1.29 is 19.0 Å². The van der Waals surface area contributed by atoms with Crippen molar-refractivity contribution in [3.63, 3.8) is 0 Å². The molecule has 2 atom stereocenters. The minimum absolute atomic E-state index is 0.133. The molecule has 1 aliphatic rings. The van der Waals surface area contributed by atoms with E-state index in [2.05, 4.69) is 0 Å². The zero-order valence-electron chi connectivity index (χ0n) is 11.1. The van der Waals surface area contributed by atoms with Crippen LogP contribution in [0.3, 0.4) is 0 Å². The van der Waals surface area contributed by atoms with Gasteiger partial charge in [-0.05, 0) is 26.0 Å². The van der Waals surface area contributed by atoms with Gasteiger partial charge in [0.05, 0.1) is 5.56 Å². The number of aryl methyl sites for hydroxylation is 1. The van der Waals surface area contributed by atoms with Gasteiger partial charge < -0.3 is 14.2 Å². The summed E-state index contributed by atoms with van der Waals surface area (Å²) in [5.41, 5.74) is 1.55. The van der Waals surface area contributed by atoms with Crippen LogP contribution in [0.1, 0.15) is 22.8 Å². The highest BCUT2D eigenvalue weighted by Gasteiger charge is 2.27. The van der Waals surface area contributed by atoms with Crippen molar-refractivity contribution >= 4 is 17.7 Å². The molecule has 1 fully saturated rings. The number of carbonyl (C=O) groups is 1. The number of hydrogen-bond donors (Lipinski definition) is 0. The lowest BCUT2D eigenvalue weighted by atomic mass is 10.1. The van der Waals surface area contributed by atoms with E-state index >= 15 is 0 Å². The minimum atomic E-state index is -0.316. The first-order chi connectivity index (χ1) is 9.19. The normalized spacial score (nSPS) is 22.4. The Morgan fingerprint density at radius 2 is 2.16 bits per heavy atom. The summed E-state index contributed by atoms with van der Waals surface area (Å²) < 4.78 is 16.2. The lowest BCUT2D eigenvalue weighted by molar-refractivity contribution is -0.129. The summed E-state index contributed by atoms with van der Waals surface area (Å²) in [5.74, 6) is 0.463. The van der Waals surface area contributed by atoms with Gasteiger partial charge in [0.15, 0.2) is 6.29 Å². The zero-order chi connectivity index (χ0) is 13.7. The van der Waals surface area contributed by atoms with Crippen molar-refractivity contribution in [3.05, 3.63) is 35.4 Å². The highest BCUT2D eigenvalue weighted by molar-refractivity contribution is 8.00. The maximum atomic E-state index is 11.8. The van der Waals surface area contributed by atoms with Crippen LogP contribution in [0, 0.1) is 6.92 Å². The molecule has 1 aromatic rings. The summed E-state index contributed by atoms with van der Waals surface area (Å²) in [6.45, 7) is 4.78. The van der Waals surface area contributed by atoms with Crippen molar-refractivity contribution in [3.8, 4) is 0 Å². The fraction of sp³-hybridized carbons (Fsp3) is 0.500. The van der Waals surface area contributed by atoms with Gasteiger partial charge in [0.25, 0.3) is 0 Å². The molecule has 104 valence electrons. The Balaban J connectivity index is 1.76. The second-order valence-corrected chi connectivity index (χ2v) is 5.44. The minimum Gasteiger partial charge on any atom is -0.458 e. The van der Waals surface area contributed by atoms with Crippen LogP contribution in [-0.2, 0) is 14.2 Å². The van der Waals surface area contributed by atoms with Crippen LogP contribution in [-0.4, -0.2) is 36.7 Å². The van der Waals surface area contributed by atoms with Crippen LogP contribution in [0.2, 0.25) is 0 Å². The molecule has 0 aromatic heterocycles. The average Bonchev–Trinajstić information content (AvgIpc) is 2.85. The smallest absolute Gasteiger partial charge is 0.338 e. The van der Waals surface area contributed by atoms with Gasteiger partial charge in [0.1, 0.15) is 12.0 Å². The SMILES string of the molecule is CCOC1CSC(COC(=O)c2ccc(C)cc2)O1. The summed E-state index contributed by atoms with van der Waals surface area (Å²) in [4.78, 5) is 11.8. The van der Waals surface area contributed by atoms with Gasteiger partial charge in [-0.15, -0.1) is 11.8 Å². The Bertz CT molecular complexity index is 418. The maximum Gasteiger partial charge on any atom is 0.338 e. The van der Waals surface area contributed by atoms with Crippen LogP contribution in [0.4, 0.5) is 0 Å². The number of carbonyl (C=O) groups excluding carboxylic acids is 1. The molecule has 0 radical (unpaired) electrons. The Morgan fingerprint density at radius 3 is 2.84 bits per heavy atom. The fourth-order valence-corrected chi connectivity index (χ4v) is 2.62. The average molecular weight is 282 g/mol. The predicted molar refractivity (Wildman–Crippen MR) is 74.2 cm³/mol. The third kappa shape index (κ3) is 4.23. The highest BCUT2D eigenvalue weighted by atomic mass is 32.2. The summed E-state index contributed by atoms with van der Waals surface area (Å²) in [7, 11) is 0. The van der Waals surface area contributed by atoms with E-state index in [1.165, 1.54) is 0 Å². The molecule has 0 aliphatic carbocycles. The van der Waals surface area contributed by atoms with Gasteiger partial charge in [0, 0.05) is 12.4 Å². The van der Waals surface area contributed by atoms with Crippen molar-refractivity contribution in [1.82, 2.24) is 0 Å². The van der Waals surface area contributed by atoms with E-state index in [9.17, 15) is 4.79 Å². The molecule has 2 rings (SSSR count). The van der Waals surface area contributed by atoms with Gasteiger partial charge >= 0.3 is 5.97 Å².